The molecule has 0 fully saturated rings. The van der Waals surface area contributed by atoms with E-state index in [4.69, 9.17) is 5.73 Å². The summed E-state index contributed by atoms with van der Waals surface area (Å²) < 4.78 is 13.8. The lowest BCUT2D eigenvalue weighted by atomic mass is 9.90. The molecule has 3 nitrogen and oxygen atoms in total. The highest BCUT2D eigenvalue weighted by molar-refractivity contribution is 7.18. The summed E-state index contributed by atoms with van der Waals surface area (Å²) in [5.41, 5.74) is 5.56. The fourth-order valence-electron chi connectivity index (χ4n) is 1.70. The van der Waals surface area contributed by atoms with Crippen molar-refractivity contribution in [3.05, 3.63) is 29.0 Å². The van der Waals surface area contributed by atoms with Gasteiger partial charge in [-0.15, -0.1) is 11.3 Å². The van der Waals surface area contributed by atoms with Crippen LogP contribution in [-0.2, 0) is 10.2 Å². The molecule has 1 aromatic carbocycles. The Morgan fingerprint density at radius 1 is 1.53 bits per heavy atom. The summed E-state index contributed by atoms with van der Waals surface area (Å²) in [5.74, 6) is -0.638. The van der Waals surface area contributed by atoms with Crippen LogP contribution in [0.25, 0.3) is 10.2 Å². The molecule has 2 rings (SSSR count). The maximum absolute atomic E-state index is 13.1. The minimum Gasteiger partial charge on any atom is -0.370 e. The number of thiazole rings is 1. The van der Waals surface area contributed by atoms with E-state index in [9.17, 15) is 9.18 Å². The third kappa shape index (κ3) is 2.44. The van der Waals surface area contributed by atoms with Crippen molar-refractivity contribution >= 4 is 27.5 Å². The monoisotopic (exact) mass is 252 g/mol. The van der Waals surface area contributed by atoms with Gasteiger partial charge in [-0.05, 0) is 18.2 Å². The molecule has 1 aromatic heterocycles. The molecule has 0 radical (unpaired) electrons. The first kappa shape index (κ1) is 12.0. The molecule has 1 heterocycles. The first-order valence-electron chi connectivity index (χ1n) is 5.23. The predicted octanol–water partition coefficient (Wildman–Crippen LogP) is 2.59. The number of nitrogens with zero attached hydrogens (tertiary/aromatic N) is 1. The molecule has 2 N–H and O–H groups in total. The van der Waals surface area contributed by atoms with Gasteiger partial charge in [-0.1, -0.05) is 13.8 Å². The Morgan fingerprint density at radius 3 is 2.88 bits per heavy atom. The van der Waals surface area contributed by atoms with Crippen LogP contribution in [-0.4, -0.2) is 10.9 Å². The highest BCUT2D eigenvalue weighted by Gasteiger charge is 2.27. The highest BCUT2D eigenvalue weighted by atomic mass is 32.1. The van der Waals surface area contributed by atoms with E-state index in [0.29, 0.717) is 0 Å². The summed E-state index contributed by atoms with van der Waals surface area (Å²) >= 11 is 1.40. The zero-order chi connectivity index (χ0) is 12.6. The normalized spacial score (nSPS) is 11.9. The molecule has 0 spiro atoms. The van der Waals surface area contributed by atoms with Crippen molar-refractivity contribution in [2.75, 3.05) is 0 Å². The number of primary amides is 1. The molecule has 2 aromatic rings. The molecule has 5 heteroatoms. The molecule has 0 bridgehead atoms. The fraction of sp³-hybridized carbons (Fsp3) is 0.333. The standard InChI is InChI=1S/C12H13FN2OS/c1-12(2,6-10(14)16)11-15-8-4-3-7(13)5-9(8)17-11/h3-5H,6H2,1-2H3,(H2,14,16). The quantitative estimate of drug-likeness (QED) is 0.912. The van der Waals surface area contributed by atoms with Gasteiger partial charge in [-0.25, -0.2) is 9.37 Å². The Kier molecular flexibility index (Phi) is 2.87. The van der Waals surface area contributed by atoms with Crippen molar-refractivity contribution in [2.24, 2.45) is 5.73 Å². The third-order valence-corrected chi connectivity index (χ3v) is 3.93. The van der Waals surface area contributed by atoms with Gasteiger partial charge in [0.25, 0.3) is 0 Å². The van der Waals surface area contributed by atoms with Gasteiger partial charge < -0.3 is 5.73 Å². The molecular weight excluding hydrogens is 239 g/mol. The number of carbonyl (C=O) groups excluding carboxylic acids is 1. The molecule has 0 saturated carbocycles. The van der Waals surface area contributed by atoms with Gasteiger partial charge in [0, 0.05) is 11.8 Å². The lowest BCUT2D eigenvalue weighted by Gasteiger charge is -2.19. The summed E-state index contributed by atoms with van der Waals surface area (Å²) in [6.45, 7) is 3.82. The van der Waals surface area contributed by atoms with Crippen molar-refractivity contribution in [1.29, 1.82) is 0 Å². The average Bonchev–Trinajstić information content (AvgIpc) is 2.58. The Labute approximate surface area is 102 Å². The summed E-state index contributed by atoms with van der Waals surface area (Å²) in [4.78, 5) is 15.4. The molecule has 0 aliphatic heterocycles. The van der Waals surface area contributed by atoms with Gasteiger partial charge in [0.2, 0.25) is 5.91 Å². The van der Waals surface area contributed by atoms with E-state index in [1.54, 1.807) is 6.07 Å². The topological polar surface area (TPSA) is 56.0 Å². The first-order valence-corrected chi connectivity index (χ1v) is 6.05. The number of benzene rings is 1. The van der Waals surface area contributed by atoms with Gasteiger partial charge >= 0.3 is 0 Å². The molecule has 90 valence electrons. The number of hydrogen-bond donors (Lipinski definition) is 1. The lowest BCUT2D eigenvalue weighted by molar-refractivity contribution is -0.119. The van der Waals surface area contributed by atoms with Crippen molar-refractivity contribution in [2.45, 2.75) is 25.7 Å². The second-order valence-electron chi connectivity index (χ2n) is 4.66. The number of carbonyl (C=O) groups is 1. The van der Waals surface area contributed by atoms with Crippen LogP contribution in [0.3, 0.4) is 0 Å². The number of fused-ring (bicyclic) bond motifs is 1. The third-order valence-electron chi connectivity index (χ3n) is 2.55. The van der Waals surface area contributed by atoms with Gasteiger partial charge in [-0.3, -0.25) is 4.79 Å². The fourth-order valence-corrected chi connectivity index (χ4v) is 2.79. The van der Waals surface area contributed by atoms with E-state index < -0.39 is 5.41 Å². The van der Waals surface area contributed by atoms with Crippen LogP contribution < -0.4 is 5.73 Å². The maximum Gasteiger partial charge on any atom is 0.218 e. The van der Waals surface area contributed by atoms with Gasteiger partial charge in [0.1, 0.15) is 5.82 Å². The number of rotatable bonds is 3. The van der Waals surface area contributed by atoms with Crippen molar-refractivity contribution in [3.63, 3.8) is 0 Å². The zero-order valence-corrected chi connectivity index (χ0v) is 10.5. The SMILES string of the molecule is CC(C)(CC(N)=O)c1nc2ccc(F)cc2s1. The Balaban J connectivity index is 2.45. The van der Waals surface area contributed by atoms with Gasteiger partial charge in [0.05, 0.1) is 15.2 Å². The van der Waals surface area contributed by atoms with Crippen molar-refractivity contribution < 1.29 is 9.18 Å². The summed E-state index contributed by atoms with van der Waals surface area (Å²) in [6.07, 6.45) is 0.231. The number of aromatic nitrogens is 1. The van der Waals surface area contributed by atoms with E-state index in [2.05, 4.69) is 4.98 Å². The second kappa shape index (κ2) is 4.07. The molecule has 0 saturated heterocycles. The van der Waals surface area contributed by atoms with E-state index in [0.717, 1.165) is 15.2 Å². The van der Waals surface area contributed by atoms with Crippen LogP contribution in [0.5, 0.6) is 0 Å². The van der Waals surface area contributed by atoms with Gasteiger partial charge in [-0.2, -0.15) is 0 Å². The van der Waals surface area contributed by atoms with Crippen LogP contribution in [0.1, 0.15) is 25.3 Å². The molecule has 17 heavy (non-hydrogen) atoms. The predicted molar refractivity (Wildman–Crippen MR) is 66.4 cm³/mol. The molecule has 0 aliphatic carbocycles. The van der Waals surface area contributed by atoms with Crippen LogP contribution in [0, 0.1) is 5.82 Å². The van der Waals surface area contributed by atoms with Crippen LogP contribution in [0.15, 0.2) is 18.2 Å². The largest absolute Gasteiger partial charge is 0.370 e. The van der Waals surface area contributed by atoms with Crippen LogP contribution >= 0.6 is 11.3 Å². The summed E-state index contributed by atoms with van der Waals surface area (Å²) in [6, 6.07) is 4.48. The number of hydrogen-bond acceptors (Lipinski definition) is 3. The Bertz CT molecular complexity index is 577. The zero-order valence-electron chi connectivity index (χ0n) is 9.66. The average molecular weight is 252 g/mol. The minimum atomic E-state index is -0.411. The highest BCUT2D eigenvalue weighted by Crippen LogP contribution is 2.33. The number of halogens is 1. The molecule has 0 unspecified atom stereocenters. The summed E-state index contributed by atoms with van der Waals surface area (Å²) in [5, 5.41) is 0.803. The van der Waals surface area contributed by atoms with E-state index >= 15 is 0 Å². The molecule has 1 amide bonds. The van der Waals surface area contributed by atoms with Crippen molar-refractivity contribution in [3.8, 4) is 0 Å². The second-order valence-corrected chi connectivity index (χ2v) is 5.69. The van der Waals surface area contributed by atoms with Gasteiger partial charge in [0.15, 0.2) is 0 Å². The van der Waals surface area contributed by atoms with Crippen LogP contribution in [0.2, 0.25) is 0 Å². The smallest absolute Gasteiger partial charge is 0.218 e. The van der Waals surface area contributed by atoms with Crippen molar-refractivity contribution in [1.82, 2.24) is 4.98 Å². The molecular formula is C12H13FN2OS. The first-order chi connectivity index (χ1) is 7.88. The molecule has 0 aliphatic rings. The Hall–Kier alpha value is -1.49. The van der Waals surface area contributed by atoms with E-state index in [1.165, 1.54) is 23.5 Å². The lowest BCUT2D eigenvalue weighted by Crippen LogP contribution is -2.25. The van der Waals surface area contributed by atoms with Crippen LogP contribution in [0.4, 0.5) is 4.39 Å². The number of amides is 1. The Morgan fingerprint density at radius 2 is 2.24 bits per heavy atom. The minimum absolute atomic E-state index is 0.231. The molecule has 0 atom stereocenters. The maximum atomic E-state index is 13.1. The summed E-state index contributed by atoms with van der Waals surface area (Å²) in [7, 11) is 0. The van der Waals surface area contributed by atoms with E-state index in [1.807, 2.05) is 13.8 Å². The number of nitrogens with two attached hydrogens (primary N) is 1. The van der Waals surface area contributed by atoms with E-state index in [-0.39, 0.29) is 18.1 Å².